The summed E-state index contributed by atoms with van der Waals surface area (Å²) in [6, 6.07) is 20.0. The molecule has 6 N–H and O–H groups in total. The summed E-state index contributed by atoms with van der Waals surface area (Å²) in [4.78, 5) is 12.7. The smallest absolute Gasteiger partial charge is 0.319 e. The molecule has 420 valence electrons. The summed E-state index contributed by atoms with van der Waals surface area (Å²) in [6.07, 6.45) is 26.6. The molecule has 2 aromatic carbocycles. The summed E-state index contributed by atoms with van der Waals surface area (Å²) in [6.45, 7) is 21.9. The highest BCUT2D eigenvalue weighted by atomic mass is 16.7. The second kappa shape index (κ2) is 20.4. The van der Waals surface area contributed by atoms with E-state index in [2.05, 4.69) is 66.0 Å². The van der Waals surface area contributed by atoms with Gasteiger partial charge in [0.05, 0.1) is 25.4 Å². The average molecular weight is 1040 g/mol. The molecule has 9 nitrogen and oxygen atoms in total. The average Bonchev–Trinajstić information content (AvgIpc) is 4.20. The molecule has 24 atom stereocenters. The zero-order chi connectivity index (χ0) is 53.0. The maximum atomic E-state index is 12.7. The number of benzene rings is 2. The van der Waals surface area contributed by atoms with Crippen LogP contribution in [0.4, 0.5) is 16.2 Å². The molecule has 2 aromatic rings. The van der Waals surface area contributed by atoms with Crippen LogP contribution in [0.25, 0.3) is 0 Å². The van der Waals surface area contributed by atoms with Gasteiger partial charge in [0.1, 0.15) is 0 Å². The van der Waals surface area contributed by atoms with Crippen LogP contribution in [-0.4, -0.2) is 55.1 Å². The predicted octanol–water partition coefficient (Wildman–Crippen LogP) is 14.7. The van der Waals surface area contributed by atoms with E-state index in [0.29, 0.717) is 75.4 Å². The standard InChI is InChI=1S/C34H50N2O3.C27H45NO2.C6H7N/c1-21-12-17-34(38-20-21)22(2)30-29(39-34)19-28-26-11-10-23-18-25(36-31(37)35-24-8-6-5-7-9-24)13-15-32(23,3)27(26)14-16-33(28,30)4;1-16-7-12-27(29-15-16)17(2)24-23(30-27)14-22-20-6-5-18-13-19(28)8-10-25(18,3)21(20)9-11-26(22,24)4;7-6-4-2-1-3-5-6/h5-9,21-23,25-30H,10-20H2,1-4H3,(H2,35,36,37);16-24H,5-15,28H2,1-4H3;1-5H,7H2/t21-,22-,23+,25+,26+,27-,28-,29-,30-,32-,33-,34+;16-,17-,18+,19+,20+,21-,22-,23-,24-,25-,26-,27+;/m00./s1. The molecule has 2 amide bonds. The van der Waals surface area contributed by atoms with E-state index >= 15 is 0 Å². The zero-order valence-corrected chi connectivity index (χ0v) is 48.4. The molecule has 76 heavy (non-hydrogen) atoms. The lowest BCUT2D eigenvalue weighted by molar-refractivity contribution is -0.273. The monoisotopic (exact) mass is 1040 g/mol. The number of nitrogens with two attached hydrogens (primary N) is 2. The molecule has 14 rings (SSSR count). The first-order valence-electron chi connectivity index (χ1n) is 31.7. The number of hydrogen-bond donors (Lipinski definition) is 4. The van der Waals surface area contributed by atoms with Crippen LogP contribution in [0.1, 0.15) is 184 Å². The van der Waals surface area contributed by atoms with Gasteiger partial charge in [0.2, 0.25) is 0 Å². The third-order valence-electron chi connectivity index (χ3n) is 26.1. The summed E-state index contributed by atoms with van der Waals surface area (Å²) in [5.41, 5.74) is 15.2. The molecule has 12 aliphatic rings. The van der Waals surface area contributed by atoms with E-state index in [1.165, 1.54) is 103 Å². The summed E-state index contributed by atoms with van der Waals surface area (Å²) in [7, 11) is 0. The molecular weight excluding hydrogens is 941 g/mol. The number of anilines is 2. The fraction of sp³-hybridized carbons (Fsp3) is 0.806. The van der Waals surface area contributed by atoms with E-state index in [1.807, 2.05) is 60.7 Å². The van der Waals surface area contributed by atoms with Crippen LogP contribution in [0.5, 0.6) is 0 Å². The molecular formula is C67H102N4O5. The van der Waals surface area contributed by atoms with E-state index < -0.39 is 0 Å². The lowest BCUT2D eigenvalue weighted by Gasteiger charge is -2.61. The minimum Gasteiger partial charge on any atom is -0.399 e. The maximum absolute atomic E-state index is 12.7. The van der Waals surface area contributed by atoms with Crippen molar-refractivity contribution in [3.8, 4) is 0 Å². The molecule has 0 aromatic heterocycles. The van der Waals surface area contributed by atoms with Gasteiger partial charge in [0.15, 0.2) is 11.6 Å². The van der Waals surface area contributed by atoms with Crippen molar-refractivity contribution in [1.82, 2.24) is 5.32 Å². The number of urea groups is 1. The Labute approximate surface area is 459 Å². The first kappa shape index (κ1) is 53.9. The molecule has 8 saturated carbocycles. The molecule has 4 saturated heterocycles. The van der Waals surface area contributed by atoms with Gasteiger partial charge in [-0.25, -0.2) is 4.79 Å². The van der Waals surface area contributed by atoms with Crippen molar-refractivity contribution in [2.45, 2.75) is 220 Å². The maximum Gasteiger partial charge on any atom is 0.319 e. The van der Waals surface area contributed by atoms with Gasteiger partial charge in [0, 0.05) is 48.1 Å². The minimum atomic E-state index is -0.311. The van der Waals surface area contributed by atoms with Crippen LogP contribution >= 0.6 is 0 Å². The van der Waals surface area contributed by atoms with Gasteiger partial charge >= 0.3 is 6.03 Å². The van der Waals surface area contributed by atoms with Gasteiger partial charge in [-0.2, -0.15) is 0 Å². The largest absolute Gasteiger partial charge is 0.399 e. The van der Waals surface area contributed by atoms with Gasteiger partial charge in [-0.1, -0.05) is 91.8 Å². The first-order chi connectivity index (χ1) is 36.4. The Bertz CT molecular complexity index is 2340. The van der Waals surface area contributed by atoms with Crippen molar-refractivity contribution in [2.24, 2.45) is 110 Å². The highest BCUT2D eigenvalue weighted by Gasteiger charge is 2.71. The second-order valence-corrected chi connectivity index (χ2v) is 29.7. The van der Waals surface area contributed by atoms with Crippen LogP contribution < -0.4 is 22.1 Å². The molecule has 0 unspecified atom stereocenters. The Morgan fingerprint density at radius 2 is 1.00 bits per heavy atom. The molecule has 0 radical (unpaired) electrons. The summed E-state index contributed by atoms with van der Waals surface area (Å²) >= 11 is 0. The fourth-order valence-corrected chi connectivity index (χ4v) is 22.0. The van der Waals surface area contributed by atoms with E-state index in [-0.39, 0.29) is 23.6 Å². The third kappa shape index (κ3) is 9.05. The first-order valence-corrected chi connectivity index (χ1v) is 31.7. The predicted molar refractivity (Wildman–Crippen MR) is 305 cm³/mol. The SMILES string of the molecule is C[C@H]1CC[C@@]2(OC1)O[C@H]1C[C@H]3[C@@H]4CC[C@@H]5C[C@H](N)CC[C@]5(C)[C@H]4CC[C@]3(C)[C@H]1[C@@H]2C.C[C@H]1CC[C@@]2(OC1)O[C@H]1C[C@H]3[C@@H]4CC[C@@H]5C[C@H](NC(=O)Nc6ccccc6)CC[C@]5(C)[C@H]4CC[C@]3(C)[C@H]1[C@@H]2C.Nc1ccccc1. The number of nitrogens with one attached hydrogen (secondary N) is 2. The van der Waals surface area contributed by atoms with Gasteiger partial charge in [0.25, 0.3) is 0 Å². The topological polar surface area (TPSA) is 130 Å². The molecule has 4 heterocycles. The number of rotatable bonds is 2. The van der Waals surface area contributed by atoms with Crippen LogP contribution in [0.2, 0.25) is 0 Å². The van der Waals surface area contributed by atoms with Crippen LogP contribution in [0.3, 0.4) is 0 Å². The highest BCUT2D eigenvalue weighted by molar-refractivity contribution is 5.89. The number of fused-ring (bicyclic) bond motifs is 14. The van der Waals surface area contributed by atoms with Crippen molar-refractivity contribution in [3.05, 3.63) is 60.7 Å². The fourth-order valence-electron chi connectivity index (χ4n) is 22.0. The second-order valence-electron chi connectivity index (χ2n) is 29.7. The normalized spacial score (nSPS) is 51.3. The number of ether oxygens (including phenoxy) is 4. The minimum absolute atomic E-state index is 0.0577. The quantitative estimate of drug-likeness (QED) is 0.220. The molecule has 9 heteroatoms. The van der Waals surface area contributed by atoms with Crippen molar-refractivity contribution in [2.75, 3.05) is 24.3 Å². The summed E-state index contributed by atoms with van der Waals surface area (Å²) < 4.78 is 26.9. The lowest BCUT2D eigenvalue weighted by Crippen LogP contribution is -2.56. The third-order valence-corrected chi connectivity index (χ3v) is 26.1. The van der Waals surface area contributed by atoms with Gasteiger partial charge < -0.3 is 41.0 Å². The number of carbonyl (C=O) groups excluding carboxylic acids is 1. The van der Waals surface area contributed by atoms with Gasteiger partial charge in [-0.3, -0.25) is 0 Å². The zero-order valence-electron chi connectivity index (χ0n) is 48.4. The Balaban J connectivity index is 0.000000139. The van der Waals surface area contributed by atoms with E-state index in [0.717, 1.165) is 97.6 Å². The molecule has 0 bridgehead atoms. The number of nitrogen functional groups attached to an aromatic ring is 1. The van der Waals surface area contributed by atoms with Crippen LogP contribution in [0.15, 0.2) is 60.7 Å². The number of hydrogen-bond acceptors (Lipinski definition) is 7. The number of carbonyl (C=O) groups is 1. The van der Waals surface area contributed by atoms with Crippen molar-refractivity contribution in [3.63, 3.8) is 0 Å². The van der Waals surface area contributed by atoms with Crippen LogP contribution in [0, 0.1) is 105 Å². The Hall–Kier alpha value is -2.69. The van der Waals surface area contributed by atoms with E-state index in [9.17, 15) is 4.79 Å². The Morgan fingerprint density at radius 3 is 1.47 bits per heavy atom. The molecule has 2 spiro atoms. The van der Waals surface area contributed by atoms with E-state index in [4.69, 9.17) is 30.4 Å². The lowest BCUT2D eigenvalue weighted by atomic mass is 9.44. The number of para-hydroxylation sites is 2. The van der Waals surface area contributed by atoms with Crippen molar-refractivity contribution in [1.29, 1.82) is 0 Å². The van der Waals surface area contributed by atoms with Crippen LogP contribution in [-0.2, 0) is 18.9 Å². The molecule has 8 aliphatic carbocycles. The number of amides is 2. The van der Waals surface area contributed by atoms with E-state index in [1.54, 1.807) is 0 Å². The summed E-state index contributed by atoms with van der Waals surface area (Å²) in [5.74, 6) is 9.90. The van der Waals surface area contributed by atoms with Crippen molar-refractivity contribution < 1.29 is 23.7 Å². The highest BCUT2D eigenvalue weighted by Crippen LogP contribution is 2.73. The molecule has 12 fully saturated rings. The van der Waals surface area contributed by atoms with Gasteiger partial charge in [-0.15, -0.1) is 0 Å². The Morgan fingerprint density at radius 1 is 0.526 bits per heavy atom. The van der Waals surface area contributed by atoms with Gasteiger partial charge in [-0.05, 0) is 233 Å². The van der Waals surface area contributed by atoms with Crippen molar-refractivity contribution >= 4 is 17.4 Å². The summed E-state index contributed by atoms with van der Waals surface area (Å²) in [5, 5.41) is 6.34. The Kier molecular flexibility index (Phi) is 14.5. The molecule has 4 aliphatic heterocycles.